The number of benzene rings is 1. The normalized spacial score (nSPS) is 11.6. The maximum atomic E-state index is 4.60. The Balaban J connectivity index is 1.49. The number of hydrogen-bond acceptors (Lipinski definition) is 7. The van der Waals surface area contributed by atoms with E-state index < -0.39 is 0 Å². The summed E-state index contributed by atoms with van der Waals surface area (Å²) in [5.41, 5.74) is 4.22. The van der Waals surface area contributed by atoms with E-state index in [0.717, 1.165) is 49.9 Å². The molecule has 4 heterocycles. The number of nitrogens with zero attached hydrogens (tertiary/aromatic N) is 7. The summed E-state index contributed by atoms with van der Waals surface area (Å²) in [5.74, 6) is 0.837. The van der Waals surface area contributed by atoms with Crippen molar-refractivity contribution in [2.75, 3.05) is 7.05 Å². The molecule has 1 aromatic carbocycles. The van der Waals surface area contributed by atoms with E-state index in [0.29, 0.717) is 6.42 Å². The average molecular weight is 390 g/mol. The first-order chi connectivity index (χ1) is 13.7. The Labute approximate surface area is 164 Å². The van der Waals surface area contributed by atoms with Crippen LogP contribution in [0.3, 0.4) is 0 Å². The molecule has 0 saturated carbocycles. The van der Waals surface area contributed by atoms with Gasteiger partial charge in [0.2, 0.25) is 4.96 Å². The Bertz CT molecular complexity index is 1280. The van der Waals surface area contributed by atoms with E-state index in [1.54, 1.807) is 16.0 Å². The second kappa shape index (κ2) is 6.77. The van der Waals surface area contributed by atoms with Crippen LogP contribution in [0.15, 0.2) is 42.9 Å². The van der Waals surface area contributed by atoms with Crippen molar-refractivity contribution in [3.63, 3.8) is 0 Å². The molecule has 0 fully saturated rings. The molecule has 8 nitrogen and oxygen atoms in total. The van der Waals surface area contributed by atoms with Gasteiger partial charge in [-0.3, -0.25) is 9.67 Å². The number of aryl methyl sites for hydroxylation is 1. The summed E-state index contributed by atoms with van der Waals surface area (Å²) in [4.78, 5) is 5.41. The van der Waals surface area contributed by atoms with Crippen LogP contribution in [0.5, 0.6) is 0 Å². The van der Waals surface area contributed by atoms with E-state index in [9.17, 15) is 0 Å². The van der Waals surface area contributed by atoms with Gasteiger partial charge >= 0.3 is 0 Å². The van der Waals surface area contributed by atoms with Gasteiger partial charge in [0, 0.05) is 48.9 Å². The van der Waals surface area contributed by atoms with Crippen molar-refractivity contribution < 1.29 is 0 Å². The molecule has 0 aliphatic heterocycles. The van der Waals surface area contributed by atoms with Crippen LogP contribution in [-0.2, 0) is 20.0 Å². The largest absolute Gasteiger partial charge is 0.313 e. The van der Waals surface area contributed by atoms with Crippen molar-refractivity contribution in [1.82, 2.24) is 39.9 Å². The van der Waals surface area contributed by atoms with Crippen LogP contribution in [0.25, 0.3) is 27.0 Å². The molecule has 0 saturated heterocycles. The van der Waals surface area contributed by atoms with Crippen LogP contribution in [0.2, 0.25) is 0 Å². The molecule has 5 rings (SSSR count). The number of hydrogen-bond donors (Lipinski definition) is 1. The SMILES string of the molecule is CNCc1nn2c(Cc3ccc4ncc(-c5cnn(C)c5)cc4c3)nnc2s1. The van der Waals surface area contributed by atoms with Gasteiger partial charge in [-0.25, -0.2) is 0 Å². The van der Waals surface area contributed by atoms with Crippen LogP contribution in [0.4, 0.5) is 0 Å². The molecule has 0 atom stereocenters. The fraction of sp³-hybridized carbons (Fsp3) is 0.211. The van der Waals surface area contributed by atoms with Gasteiger partial charge in [-0.05, 0) is 30.8 Å². The summed E-state index contributed by atoms with van der Waals surface area (Å²) in [6.07, 6.45) is 6.39. The van der Waals surface area contributed by atoms with Crippen molar-refractivity contribution in [3.05, 3.63) is 59.3 Å². The maximum Gasteiger partial charge on any atom is 0.234 e. The third-order valence-corrected chi connectivity index (χ3v) is 5.47. The highest BCUT2D eigenvalue weighted by Gasteiger charge is 2.12. The van der Waals surface area contributed by atoms with E-state index >= 15 is 0 Å². The Morgan fingerprint density at radius 2 is 2.04 bits per heavy atom. The zero-order chi connectivity index (χ0) is 19.1. The quantitative estimate of drug-likeness (QED) is 0.496. The van der Waals surface area contributed by atoms with Gasteiger partial charge < -0.3 is 5.32 Å². The molecule has 5 aromatic rings. The van der Waals surface area contributed by atoms with E-state index in [1.165, 1.54) is 0 Å². The Morgan fingerprint density at radius 1 is 1.11 bits per heavy atom. The summed E-state index contributed by atoms with van der Waals surface area (Å²) in [7, 11) is 3.82. The van der Waals surface area contributed by atoms with E-state index in [4.69, 9.17) is 0 Å². The summed E-state index contributed by atoms with van der Waals surface area (Å²) >= 11 is 1.56. The fourth-order valence-electron chi connectivity index (χ4n) is 3.23. The standard InChI is InChI=1S/C19H18N8S/c1-20-10-18-25-27-17(23-24-19(27)28-18)6-12-3-4-16-13(5-12)7-14(8-21-16)15-9-22-26(2)11-15/h3-5,7-9,11,20H,6,10H2,1-2H3. The van der Waals surface area contributed by atoms with Crippen molar-refractivity contribution >= 4 is 27.2 Å². The van der Waals surface area contributed by atoms with Gasteiger partial charge in [0.25, 0.3) is 0 Å². The lowest BCUT2D eigenvalue weighted by molar-refractivity contribution is 0.762. The third kappa shape index (κ3) is 3.04. The van der Waals surface area contributed by atoms with Gasteiger partial charge in [0.05, 0.1) is 11.7 Å². The Morgan fingerprint density at radius 3 is 2.86 bits per heavy atom. The lowest BCUT2D eigenvalue weighted by Gasteiger charge is -2.04. The average Bonchev–Trinajstić information content (AvgIpc) is 3.39. The highest BCUT2D eigenvalue weighted by Crippen LogP contribution is 2.24. The summed E-state index contributed by atoms with van der Waals surface area (Å²) in [5, 5.41) is 22.6. The molecule has 0 amide bonds. The molecular weight excluding hydrogens is 372 g/mol. The van der Waals surface area contributed by atoms with E-state index in [-0.39, 0.29) is 0 Å². The van der Waals surface area contributed by atoms with Gasteiger partial charge in [-0.15, -0.1) is 10.2 Å². The molecule has 140 valence electrons. The molecule has 0 unspecified atom stereocenters. The molecule has 0 aliphatic carbocycles. The monoisotopic (exact) mass is 390 g/mol. The van der Waals surface area contributed by atoms with E-state index in [1.807, 2.05) is 43.3 Å². The zero-order valence-electron chi connectivity index (χ0n) is 15.5. The molecule has 9 heteroatoms. The molecule has 1 N–H and O–H groups in total. The first-order valence-electron chi connectivity index (χ1n) is 8.92. The van der Waals surface area contributed by atoms with Crippen LogP contribution in [0.1, 0.15) is 16.4 Å². The van der Waals surface area contributed by atoms with Gasteiger partial charge in [-0.2, -0.15) is 14.7 Å². The van der Waals surface area contributed by atoms with Gasteiger partial charge in [0.15, 0.2) is 5.82 Å². The van der Waals surface area contributed by atoms with Crippen molar-refractivity contribution in [3.8, 4) is 11.1 Å². The van der Waals surface area contributed by atoms with Crippen LogP contribution in [0, 0.1) is 0 Å². The summed E-state index contributed by atoms with van der Waals surface area (Å²) in [6, 6.07) is 8.44. The van der Waals surface area contributed by atoms with Crippen molar-refractivity contribution in [1.29, 1.82) is 0 Å². The predicted octanol–water partition coefficient (Wildman–Crippen LogP) is 2.44. The Hall–Kier alpha value is -3.17. The van der Waals surface area contributed by atoms with Crippen LogP contribution in [-0.4, -0.2) is 41.6 Å². The minimum atomic E-state index is 0.664. The third-order valence-electron chi connectivity index (χ3n) is 4.57. The minimum absolute atomic E-state index is 0.664. The zero-order valence-corrected chi connectivity index (χ0v) is 16.3. The van der Waals surface area contributed by atoms with Crippen molar-refractivity contribution in [2.24, 2.45) is 7.05 Å². The molecule has 0 aliphatic rings. The summed E-state index contributed by atoms with van der Waals surface area (Å²) in [6.45, 7) is 0.728. The first-order valence-corrected chi connectivity index (χ1v) is 9.73. The van der Waals surface area contributed by atoms with E-state index in [2.05, 4.69) is 48.9 Å². The van der Waals surface area contributed by atoms with Crippen LogP contribution >= 0.6 is 11.3 Å². The second-order valence-corrected chi connectivity index (χ2v) is 7.71. The molecular formula is C19H18N8S. The predicted molar refractivity (Wildman–Crippen MR) is 108 cm³/mol. The second-order valence-electron chi connectivity index (χ2n) is 6.67. The molecule has 28 heavy (non-hydrogen) atoms. The lowest BCUT2D eigenvalue weighted by Crippen LogP contribution is -2.06. The topological polar surface area (TPSA) is 85.8 Å². The van der Waals surface area contributed by atoms with Gasteiger partial charge in [-0.1, -0.05) is 17.4 Å². The lowest BCUT2D eigenvalue weighted by atomic mass is 10.0. The smallest absolute Gasteiger partial charge is 0.234 e. The summed E-state index contributed by atoms with van der Waals surface area (Å²) < 4.78 is 3.63. The van der Waals surface area contributed by atoms with Gasteiger partial charge in [0.1, 0.15) is 5.01 Å². The molecule has 0 radical (unpaired) electrons. The highest BCUT2D eigenvalue weighted by atomic mass is 32.1. The molecule has 0 spiro atoms. The van der Waals surface area contributed by atoms with Crippen molar-refractivity contribution in [2.45, 2.75) is 13.0 Å². The highest BCUT2D eigenvalue weighted by molar-refractivity contribution is 7.16. The maximum absolute atomic E-state index is 4.60. The number of rotatable bonds is 5. The van der Waals surface area contributed by atoms with Crippen LogP contribution < -0.4 is 5.32 Å². The molecule has 4 aromatic heterocycles. The minimum Gasteiger partial charge on any atom is -0.313 e. The number of pyridine rings is 1. The first kappa shape index (κ1) is 17.0. The number of aromatic nitrogens is 7. The molecule has 0 bridgehead atoms. The number of nitrogens with one attached hydrogen (secondary N) is 1. The Kier molecular flexibility index (Phi) is 4.10. The number of fused-ring (bicyclic) bond motifs is 2. The fourth-order valence-corrected chi connectivity index (χ4v) is 4.10.